The van der Waals surface area contributed by atoms with Crippen LogP contribution in [0.5, 0.6) is 0 Å². The molecule has 78 valence electrons. The highest BCUT2D eigenvalue weighted by molar-refractivity contribution is 9.10. The SMILES string of the molecule is Cc1cc(C)c(NCCCN)c(Br)c1. The molecule has 1 aromatic rings. The van der Waals surface area contributed by atoms with Crippen molar-refractivity contribution < 1.29 is 0 Å². The molecule has 0 spiro atoms. The molecule has 0 bridgehead atoms. The molecule has 0 amide bonds. The van der Waals surface area contributed by atoms with E-state index in [1.54, 1.807) is 0 Å². The lowest BCUT2D eigenvalue weighted by molar-refractivity contribution is 0.873. The molecule has 2 nitrogen and oxygen atoms in total. The van der Waals surface area contributed by atoms with Gasteiger partial charge in [0.2, 0.25) is 0 Å². The minimum absolute atomic E-state index is 0.732. The van der Waals surface area contributed by atoms with Crippen LogP contribution in [0, 0.1) is 13.8 Å². The average Bonchev–Trinajstić information content (AvgIpc) is 2.09. The molecule has 0 unspecified atom stereocenters. The van der Waals surface area contributed by atoms with Crippen LogP contribution in [-0.4, -0.2) is 13.1 Å². The summed E-state index contributed by atoms with van der Waals surface area (Å²) < 4.78 is 1.13. The Morgan fingerprint density at radius 3 is 2.64 bits per heavy atom. The average molecular weight is 257 g/mol. The molecule has 0 radical (unpaired) electrons. The number of benzene rings is 1. The molecule has 1 rings (SSSR count). The number of aryl methyl sites for hydroxylation is 2. The lowest BCUT2D eigenvalue weighted by Crippen LogP contribution is -2.09. The van der Waals surface area contributed by atoms with Crippen LogP contribution in [-0.2, 0) is 0 Å². The van der Waals surface area contributed by atoms with Crippen molar-refractivity contribution in [3.63, 3.8) is 0 Å². The molecule has 0 atom stereocenters. The van der Waals surface area contributed by atoms with E-state index in [-0.39, 0.29) is 0 Å². The molecule has 1 aromatic carbocycles. The zero-order chi connectivity index (χ0) is 10.6. The highest BCUT2D eigenvalue weighted by Crippen LogP contribution is 2.27. The maximum atomic E-state index is 5.44. The fraction of sp³-hybridized carbons (Fsp3) is 0.455. The topological polar surface area (TPSA) is 38.0 Å². The molecular formula is C11H17BrN2. The number of nitrogens with two attached hydrogens (primary N) is 1. The highest BCUT2D eigenvalue weighted by atomic mass is 79.9. The van der Waals surface area contributed by atoms with E-state index in [1.165, 1.54) is 16.8 Å². The van der Waals surface area contributed by atoms with E-state index in [4.69, 9.17) is 5.73 Å². The van der Waals surface area contributed by atoms with Crippen LogP contribution in [0.4, 0.5) is 5.69 Å². The monoisotopic (exact) mass is 256 g/mol. The van der Waals surface area contributed by atoms with E-state index in [9.17, 15) is 0 Å². The number of anilines is 1. The van der Waals surface area contributed by atoms with Crippen LogP contribution in [0.2, 0.25) is 0 Å². The van der Waals surface area contributed by atoms with Crippen molar-refractivity contribution in [1.29, 1.82) is 0 Å². The second kappa shape index (κ2) is 5.37. The van der Waals surface area contributed by atoms with Gasteiger partial charge in [-0.3, -0.25) is 0 Å². The second-order valence-corrected chi connectivity index (χ2v) is 4.36. The standard InChI is InChI=1S/C11H17BrN2/c1-8-6-9(2)11(10(12)7-8)14-5-3-4-13/h6-7,14H,3-5,13H2,1-2H3. The Morgan fingerprint density at radius 1 is 1.36 bits per heavy atom. The lowest BCUT2D eigenvalue weighted by atomic mass is 10.1. The van der Waals surface area contributed by atoms with Crippen LogP contribution >= 0.6 is 15.9 Å². The van der Waals surface area contributed by atoms with Gasteiger partial charge in [-0.05, 0) is 59.9 Å². The van der Waals surface area contributed by atoms with Crippen LogP contribution < -0.4 is 11.1 Å². The number of nitrogens with one attached hydrogen (secondary N) is 1. The van der Waals surface area contributed by atoms with Gasteiger partial charge >= 0.3 is 0 Å². The third kappa shape index (κ3) is 3.00. The predicted molar refractivity (Wildman–Crippen MR) is 65.8 cm³/mol. The third-order valence-corrected chi connectivity index (χ3v) is 2.74. The van der Waals surface area contributed by atoms with Gasteiger partial charge in [0.05, 0.1) is 5.69 Å². The van der Waals surface area contributed by atoms with E-state index in [0.717, 1.165) is 24.0 Å². The van der Waals surface area contributed by atoms with E-state index < -0.39 is 0 Å². The van der Waals surface area contributed by atoms with Crippen molar-refractivity contribution in [3.05, 3.63) is 27.7 Å². The summed E-state index contributed by atoms with van der Waals surface area (Å²) in [6, 6.07) is 4.30. The summed E-state index contributed by atoms with van der Waals surface area (Å²) in [6.45, 7) is 5.87. The molecule has 14 heavy (non-hydrogen) atoms. The zero-order valence-electron chi connectivity index (χ0n) is 8.73. The number of halogens is 1. The van der Waals surface area contributed by atoms with Crippen molar-refractivity contribution in [2.24, 2.45) is 5.73 Å². The van der Waals surface area contributed by atoms with Crippen LogP contribution in [0.3, 0.4) is 0 Å². The predicted octanol–water partition coefficient (Wildman–Crippen LogP) is 2.83. The van der Waals surface area contributed by atoms with Crippen LogP contribution in [0.15, 0.2) is 16.6 Å². The summed E-state index contributed by atoms with van der Waals surface area (Å²) in [4.78, 5) is 0. The van der Waals surface area contributed by atoms with Gasteiger partial charge in [0.25, 0.3) is 0 Å². The maximum absolute atomic E-state index is 5.44. The first-order valence-electron chi connectivity index (χ1n) is 4.86. The largest absolute Gasteiger partial charge is 0.384 e. The summed E-state index contributed by atoms with van der Waals surface area (Å²) in [7, 11) is 0. The minimum Gasteiger partial charge on any atom is -0.384 e. The summed E-state index contributed by atoms with van der Waals surface area (Å²) in [5, 5.41) is 3.38. The summed E-state index contributed by atoms with van der Waals surface area (Å²) in [5.74, 6) is 0. The molecule has 3 N–H and O–H groups in total. The van der Waals surface area contributed by atoms with Gasteiger partial charge < -0.3 is 11.1 Å². The molecule has 0 aromatic heterocycles. The lowest BCUT2D eigenvalue weighted by Gasteiger charge is -2.12. The third-order valence-electron chi connectivity index (χ3n) is 2.11. The van der Waals surface area contributed by atoms with Crippen molar-refractivity contribution in [2.75, 3.05) is 18.4 Å². The van der Waals surface area contributed by atoms with Gasteiger partial charge in [0.1, 0.15) is 0 Å². The Balaban J connectivity index is 2.75. The first-order chi connectivity index (χ1) is 6.65. The van der Waals surface area contributed by atoms with Gasteiger partial charge in [0.15, 0.2) is 0 Å². The first kappa shape index (κ1) is 11.5. The van der Waals surface area contributed by atoms with Crippen molar-refractivity contribution >= 4 is 21.6 Å². The van der Waals surface area contributed by atoms with Crippen molar-refractivity contribution in [2.45, 2.75) is 20.3 Å². The Kier molecular flexibility index (Phi) is 4.42. The molecule has 0 aliphatic carbocycles. The normalized spacial score (nSPS) is 10.3. The highest BCUT2D eigenvalue weighted by Gasteiger charge is 2.03. The Hall–Kier alpha value is -0.540. The van der Waals surface area contributed by atoms with E-state index in [1.807, 2.05) is 0 Å². The summed E-state index contributed by atoms with van der Waals surface area (Å²) >= 11 is 3.56. The smallest absolute Gasteiger partial charge is 0.0514 e. The van der Waals surface area contributed by atoms with Crippen molar-refractivity contribution in [1.82, 2.24) is 0 Å². The van der Waals surface area contributed by atoms with E-state index in [2.05, 4.69) is 47.2 Å². The Labute approximate surface area is 94.0 Å². The molecule has 3 heteroatoms. The second-order valence-electron chi connectivity index (χ2n) is 3.51. The molecule has 0 aliphatic rings. The van der Waals surface area contributed by atoms with Gasteiger partial charge in [-0.25, -0.2) is 0 Å². The minimum atomic E-state index is 0.732. The zero-order valence-corrected chi connectivity index (χ0v) is 10.3. The molecule has 0 aliphatic heterocycles. The molecule has 0 heterocycles. The van der Waals surface area contributed by atoms with Gasteiger partial charge in [-0.2, -0.15) is 0 Å². The van der Waals surface area contributed by atoms with Crippen LogP contribution in [0.1, 0.15) is 17.5 Å². The van der Waals surface area contributed by atoms with E-state index >= 15 is 0 Å². The molecule has 0 saturated heterocycles. The molecule has 0 fully saturated rings. The number of rotatable bonds is 4. The first-order valence-corrected chi connectivity index (χ1v) is 5.65. The summed E-state index contributed by atoms with van der Waals surface area (Å²) in [5.41, 5.74) is 9.17. The van der Waals surface area contributed by atoms with Gasteiger partial charge in [0, 0.05) is 11.0 Å². The van der Waals surface area contributed by atoms with Gasteiger partial charge in [-0.15, -0.1) is 0 Å². The van der Waals surface area contributed by atoms with E-state index in [0.29, 0.717) is 0 Å². The van der Waals surface area contributed by atoms with Gasteiger partial charge in [-0.1, -0.05) is 6.07 Å². The fourth-order valence-electron chi connectivity index (χ4n) is 1.46. The Bertz CT molecular complexity index is 287. The fourth-order valence-corrected chi connectivity index (χ4v) is 2.27. The maximum Gasteiger partial charge on any atom is 0.0514 e. The molecular weight excluding hydrogens is 240 g/mol. The Morgan fingerprint density at radius 2 is 2.07 bits per heavy atom. The van der Waals surface area contributed by atoms with Crippen molar-refractivity contribution in [3.8, 4) is 0 Å². The molecule has 0 saturated carbocycles. The van der Waals surface area contributed by atoms with Crippen LogP contribution in [0.25, 0.3) is 0 Å². The number of hydrogen-bond acceptors (Lipinski definition) is 2. The quantitative estimate of drug-likeness (QED) is 0.814. The number of hydrogen-bond donors (Lipinski definition) is 2. The summed E-state index contributed by atoms with van der Waals surface area (Å²) in [6.07, 6.45) is 1.000.